The lowest BCUT2D eigenvalue weighted by Crippen LogP contribution is -2.29. The van der Waals surface area contributed by atoms with E-state index in [9.17, 15) is 13.2 Å². The van der Waals surface area contributed by atoms with Gasteiger partial charge >= 0.3 is 0 Å². The number of thiazole rings is 1. The number of rotatable bonds is 3. The van der Waals surface area contributed by atoms with Crippen LogP contribution in [0.3, 0.4) is 0 Å². The summed E-state index contributed by atoms with van der Waals surface area (Å²) in [5.41, 5.74) is 1.82. The molecule has 2 heterocycles. The molecular formula is C11H13N3O3S2. The zero-order valence-electron chi connectivity index (χ0n) is 10.7. The number of amides is 1. The minimum atomic E-state index is -3.57. The van der Waals surface area contributed by atoms with Crippen molar-refractivity contribution in [1.82, 2.24) is 14.3 Å². The smallest absolute Gasteiger partial charge is 0.266 e. The Hall–Kier alpha value is -1.67. The minimum absolute atomic E-state index is 0.332. The highest BCUT2D eigenvalue weighted by Gasteiger charge is 2.19. The van der Waals surface area contributed by atoms with Crippen LogP contribution in [-0.2, 0) is 10.0 Å². The SMILES string of the molecule is Cc1cc(C(=O)NS(C)(=O)=O)c(C)n1-c1nccs1. The molecule has 6 nitrogen and oxygen atoms in total. The van der Waals surface area contributed by atoms with Crippen molar-refractivity contribution in [3.05, 3.63) is 34.6 Å². The Labute approximate surface area is 115 Å². The van der Waals surface area contributed by atoms with E-state index in [4.69, 9.17) is 0 Å². The van der Waals surface area contributed by atoms with Crippen molar-refractivity contribution in [2.24, 2.45) is 0 Å². The van der Waals surface area contributed by atoms with Crippen LogP contribution in [0.2, 0.25) is 0 Å². The van der Waals surface area contributed by atoms with Crippen LogP contribution in [0.4, 0.5) is 0 Å². The Kier molecular flexibility index (Phi) is 3.46. The van der Waals surface area contributed by atoms with Gasteiger partial charge in [-0.2, -0.15) is 0 Å². The summed E-state index contributed by atoms with van der Waals surface area (Å²) in [4.78, 5) is 16.1. The van der Waals surface area contributed by atoms with Gasteiger partial charge in [0.05, 0.1) is 11.8 Å². The maximum absolute atomic E-state index is 11.9. The van der Waals surface area contributed by atoms with Gasteiger partial charge < -0.3 is 0 Å². The Bertz CT molecular complexity index is 715. The summed E-state index contributed by atoms with van der Waals surface area (Å²) >= 11 is 1.44. The number of aromatic nitrogens is 2. The van der Waals surface area contributed by atoms with Gasteiger partial charge in [-0.1, -0.05) is 0 Å². The molecule has 2 rings (SSSR count). The summed E-state index contributed by atoms with van der Waals surface area (Å²) < 4.78 is 26.0. The van der Waals surface area contributed by atoms with Crippen molar-refractivity contribution in [2.75, 3.05) is 6.26 Å². The van der Waals surface area contributed by atoms with E-state index in [0.717, 1.165) is 17.1 Å². The fourth-order valence-electron chi connectivity index (χ4n) is 1.84. The van der Waals surface area contributed by atoms with Crippen molar-refractivity contribution < 1.29 is 13.2 Å². The third-order valence-corrected chi connectivity index (χ3v) is 3.88. The van der Waals surface area contributed by atoms with Crippen LogP contribution < -0.4 is 4.72 Å². The first-order valence-electron chi connectivity index (χ1n) is 5.40. The third kappa shape index (κ3) is 2.85. The van der Waals surface area contributed by atoms with Crippen LogP contribution >= 0.6 is 11.3 Å². The van der Waals surface area contributed by atoms with Crippen molar-refractivity contribution in [3.8, 4) is 5.13 Å². The normalized spacial score (nSPS) is 11.5. The molecule has 8 heteroatoms. The molecule has 0 aliphatic rings. The molecule has 2 aromatic heterocycles. The molecule has 0 unspecified atom stereocenters. The fourth-order valence-corrected chi connectivity index (χ4v) is 3.03. The largest absolute Gasteiger partial charge is 0.294 e. The van der Waals surface area contributed by atoms with Gasteiger partial charge in [-0.15, -0.1) is 11.3 Å². The maximum Gasteiger partial charge on any atom is 0.266 e. The van der Waals surface area contributed by atoms with Gasteiger partial charge in [0.15, 0.2) is 5.13 Å². The second-order valence-corrected chi connectivity index (χ2v) is 6.76. The Balaban J connectivity index is 2.45. The van der Waals surface area contributed by atoms with Crippen molar-refractivity contribution in [2.45, 2.75) is 13.8 Å². The molecule has 0 saturated carbocycles. The molecule has 0 radical (unpaired) electrons. The topological polar surface area (TPSA) is 81.1 Å². The van der Waals surface area contributed by atoms with Crippen LogP contribution in [0.5, 0.6) is 0 Å². The van der Waals surface area contributed by atoms with Crippen LogP contribution in [0, 0.1) is 13.8 Å². The van der Waals surface area contributed by atoms with E-state index >= 15 is 0 Å². The lowest BCUT2D eigenvalue weighted by atomic mass is 10.2. The van der Waals surface area contributed by atoms with E-state index in [-0.39, 0.29) is 0 Å². The number of carbonyl (C=O) groups excluding carboxylic acids is 1. The Morgan fingerprint density at radius 3 is 2.63 bits per heavy atom. The minimum Gasteiger partial charge on any atom is -0.294 e. The number of hydrogen-bond acceptors (Lipinski definition) is 5. The predicted molar refractivity (Wildman–Crippen MR) is 73.2 cm³/mol. The maximum atomic E-state index is 11.9. The first-order chi connectivity index (χ1) is 8.79. The lowest BCUT2D eigenvalue weighted by Gasteiger charge is -2.05. The molecule has 1 amide bonds. The number of sulfonamides is 1. The van der Waals surface area contributed by atoms with Gasteiger partial charge in [0.25, 0.3) is 5.91 Å². The summed E-state index contributed by atoms with van der Waals surface area (Å²) in [6.07, 6.45) is 2.63. The molecule has 0 aliphatic carbocycles. The lowest BCUT2D eigenvalue weighted by molar-refractivity contribution is 0.0981. The van der Waals surface area contributed by atoms with Gasteiger partial charge in [0, 0.05) is 23.0 Å². The number of nitrogens with zero attached hydrogens (tertiary/aromatic N) is 2. The molecule has 0 fully saturated rings. The molecule has 0 aromatic carbocycles. The van der Waals surface area contributed by atoms with E-state index in [0.29, 0.717) is 11.3 Å². The Morgan fingerprint density at radius 1 is 1.42 bits per heavy atom. The molecule has 1 N–H and O–H groups in total. The van der Waals surface area contributed by atoms with E-state index in [1.165, 1.54) is 11.3 Å². The average molecular weight is 299 g/mol. The highest BCUT2D eigenvalue weighted by Crippen LogP contribution is 2.22. The second kappa shape index (κ2) is 4.78. The average Bonchev–Trinajstić information content (AvgIpc) is 2.84. The van der Waals surface area contributed by atoms with Gasteiger partial charge in [-0.25, -0.2) is 18.1 Å². The molecule has 0 saturated heterocycles. The summed E-state index contributed by atoms with van der Waals surface area (Å²) in [5.74, 6) is -0.626. The predicted octanol–water partition coefficient (Wildman–Crippen LogP) is 1.24. The second-order valence-electron chi connectivity index (χ2n) is 4.14. The van der Waals surface area contributed by atoms with Crippen LogP contribution in [0.25, 0.3) is 5.13 Å². The number of nitrogens with one attached hydrogen (secondary N) is 1. The molecule has 2 aromatic rings. The fraction of sp³-hybridized carbons (Fsp3) is 0.273. The number of aryl methyl sites for hydroxylation is 1. The number of carbonyl (C=O) groups is 1. The van der Waals surface area contributed by atoms with Crippen LogP contribution in [0.1, 0.15) is 21.7 Å². The highest BCUT2D eigenvalue weighted by atomic mass is 32.2. The Morgan fingerprint density at radius 2 is 2.11 bits per heavy atom. The number of hydrogen-bond donors (Lipinski definition) is 1. The van der Waals surface area contributed by atoms with Crippen LogP contribution in [0.15, 0.2) is 17.6 Å². The molecule has 0 bridgehead atoms. The van der Waals surface area contributed by atoms with Gasteiger partial charge in [-0.3, -0.25) is 9.36 Å². The zero-order chi connectivity index (χ0) is 14.2. The van der Waals surface area contributed by atoms with E-state index < -0.39 is 15.9 Å². The summed E-state index contributed by atoms with van der Waals surface area (Å²) in [5, 5.41) is 2.58. The first kappa shape index (κ1) is 13.8. The highest BCUT2D eigenvalue weighted by molar-refractivity contribution is 7.89. The summed E-state index contributed by atoms with van der Waals surface area (Å²) in [6.45, 7) is 3.59. The van der Waals surface area contributed by atoms with Crippen molar-refractivity contribution in [1.29, 1.82) is 0 Å². The quantitative estimate of drug-likeness (QED) is 0.924. The zero-order valence-corrected chi connectivity index (χ0v) is 12.3. The first-order valence-corrected chi connectivity index (χ1v) is 8.17. The van der Waals surface area contributed by atoms with Crippen molar-refractivity contribution >= 4 is 27.3 Å². The molecular weight excluding hydrogens is 286 g/mol. The molecule has 0 atom stereocenters. The third-order valence-electron chi connectivity index (χ3n) is 2.56. The van der Waals surface area contributed by atoms with E-state index in [1.807, 2.05) is 21.6 Å². The summed E-state index contributed by atoms with van der Waals surface area (Å²) in [7, 11) is -3.57. The van der Waals surface area contributed by atoms with Gasteiger partial charge in [0.2, 0.25) is 10.0 Å². The van der Waals surface area contributed by atoms with Crippen molar-refractivity contribution in [3.63, 3.8) is 0 Å². The van der Waals surface area contributed by atoms with Gasteiger partial charge in [-0.05, 0) is 19.9 Å². The molecule has 102 valence electrons. The van der Waals surface area contributed by atoms with E-state index in [2.05, 4.69) is 4.98 Å². The summed E-state index contributed by atoms with van der Waals surface area (Å²) in [6, 6.07) is 1.65. The van der Waals surface area contributed by atoms with E-state index in [1.54, 1.807) is 19.2 Å². The molecule has 0 aliphatic heterocycles. The van der Waals surface area contributed by atoms with Gasteiger partial charge in [0.1, 0.15) is 0 Å². The molecule has 0 spiro atoms. The molecule has 19 heavy (non-hydrogen) atoms. The monoisotopic (exact) mass is 299 g/mol. The standard InChI is InChI=1S/C11H13N3O3S2/c1-7-6-9(10(15)13-19(3,16)17)8(2)14(7)11-12-4-5-18-11/h4-6H,1-3H3,(H,13,15). The van der Waals surface area contributed by atoms with Crippen LogP contribution in [-0.4, -0.2) is 30.1 Å².